The van der Waals surface area contributed by atoms with Crippen LogP contribution in [0.1, 0.15) is 16.1 Å². The molecule has 8 nitrogen and oxygen atoms in total. The van der Waals surface area contributed by atoms with Crippen LogP contribution in [0.25, 0.3) is 11.7 Å². The quantitative estimate of drug-likeness (QED) is 0.483. The number of nitrogens with one attached hydrogen (secondary N) is 1. The van der Waals surface area contributed by atoms with Crippen LogP contribution in [0.2, 0.25) is 5.15 Å². The first-order chi connectivity index (χ1) is 13.0. The lowest BCUT2D eigenvalue weighted by atomic mass is 10.3. The normalized spacial score (nSPS) is 11.0. The van der Waals surface area contributed by atoms with Crippen LogP contribution in [-0.4, -0.2) is 33.8 Å². The number of nitrogens with two attached hydrogens (primary N) is 1. The lowest BCUT2D eigenvalue weighted by Gasteiger charge is -2.04. The number of imidazole rings is 1. The Hall–Kier alpha value is -3.17. The highest BCUT2D eigenvalue weighted by Gasteiger charge is 2.13. The molecule has 0 atom stereocenters. The van der Waals surface area contributed by atoms with Crippen LogP contribution in [0.4, 0.5) is 5.00 Å². The van der Waals surface area contributed by atoms with Gasteiger partial charge in [0.2, 0.25) is 0 Å². The number of anilines is 1. The zero-order valence-electron chi connectivity index (χ0n) is 13.7. The molecule has 0 bridgehead atoms. The van der Waals surface area contributed by atoms with E-state index in [1.165, 1.54) is 12.1 Å². The Morgan fingerprint density at radius 2 is 2.15 bits per heavy atom. The number of carbonyl (C=O) groups excluding carboxylic acids is 3. The van der Waals surface area contributed by atoms with E-state index in [1.807, 2.05) is 6.07 Å². The Labute approximate surface area is 162 Å². The van der Waals surface area contributed by atoms with Crippen molar-refractivity contribution in [1.29, 1.82) is 0 Å². The molecule has 3 heterocycles. The molecule has 0 radical (unpaired) electrons. The fourth-order valence-corrected chi connectivity index (χ4v) is 3.28. The molecule has 0 unspecified atom stereocenters. The van der Waals surface area contributed by atoms with E-state index >= 15 is 0 Å². The monoisotopic (exact) mass is 404 g/mol. The molecular formula is C17H13ClN4O4S. The minimum absolute atomic E-state index is 0.196. The zero-order chi connectivity index (χ0) is 19.4. The molecule has 3 N–H and O–H groups in total. The number of aromatic nitrogens is 2. The van der Waals surface area contributed by atoms with Crippen LogP contribution < -0.4 is 11.1 Å². The fraction of sp³-hybridized carbons (Fsp3) is 0.0588. The molecule has 0 aliphatic heterocycles. The van der Waals surface area contributed by atoms with Crippen molar-refractivity contribution in [3.05, 3.63) is 58.3 Å². The second kappa shape index (κ2) is 8.02. The van der Waals surface area contributed by atoms with Gasteiger partial charge in [0.05, 0.1) is 11.3 Å². The minimum atomic E-state index is -0.728. The topological polar surface area (TPSA) is 116 Å². The number of fused-ring (bicyclic) bond motifs is 1. The predicted octanol–water partition coefficient (Wildman–Crippen LogP) is 2.34. The SMILES string of the molecule is NC(=O)c1ccsc1NC(=O)COC(=O)/C=C/c1c(Cl)nc2ccccn12. The van der Waals surface area contributed by atoms with Crippen LogP contribution in [0.3, 0.4) is 0 Å². The second-order valence-corrected chi connectivity index (χ2v) is 6.51. The summed E-state index contributed by atoms with van der Waals surface area (Å²) in [5.74, 6) is -1.97. The second-order valence-electron chi connectivity index (χ2n) is 5.23. The molecule has 0 spiro atoms. The van der Waals surface area contributed by atoms with Gasteiger partial charge in [0.1, 0.15) is 10.6 Å². The van der Waals surface area contributed by atoms with E-state index < -0.39 is 24.4 Å². The number of carbonyl (C=O) groups is 3. The highest BCUT2D eigenvalue weighted by atomic mass is 35.5. The van der Waals surface area contributed by atoms with Crippen LogP contribution in [0.5, 0.6) is 0 Å². The highest BCUT2D eigenvalue weighted by Crippen LogP contribution is 2.22. The number of hydrogen-bond donors (Lipinski definition) is 2. The van der Waals surface area contributed by atoms with Gasteiger partial charge in [-0.3, -0.25) is 14.0 Å². The third-order valence-corrected chi connectivity index (χ3v) is 4.54. The van der Waals surface area contributed by atoms with Gasteiger partial charge in [0, 0.05) is 12.3 Å². The smallest absolute Gasteiger partial charge is 0.331 e. The number of halogens is 1. The Kier molecular flexibility index (Phi) is 5.53. The molecule has 0 saturated carbocycles. The number of primary amides is 1. The summed E-state index contributed by atoms with van der Waals surface area (Å²) in [6.45, 7) is -0.514. The summed E-state index contributed by atoms with van der Waals surface area (Å²) in [6, 6.07) is 6.89. The van der Waals surface area contributed by atoms with E-state index in [-0.39, 0.29) is 10.7 Å². The number of thiophene rings is 1. The molecule has 10 heteroatoms. The molecule has 0 fully saturated rings. The van der Waals surface area contributed by atoms with Crippen LogP contribution in [0, 0.1) is 0 Å². The van der Waals surface area contributed by atoms with E-state index in [2.05, 4.69) is 10.3 Å². The molecule has 138 valence electrons. The summed E-state index contributed by atoms with van der Waals surface area (Å²) >= 11 is 7.20. The van der Waals surface area contributed by atoms with Crippen molar-refractivity contribution in [2.75, 3.05) is 11.9 Å². The molecule has 0 aliphatic carbocycles. The van der Waals surface area contributed by atoms with Gasteiger partial charge in [-0.1, -0.05) is 17.7 Å². The predicted molar refractivity (Wildman–Crippen MR) is 102 cm³/mol. The number of hydrogen-bond acceptors (Lipinski definition) is 6. The van der Waals surface area contributed by atoms with Gasteiger partial charge in [-0.2, -0.15) is 0 Å². The van der Waals surface area contributed by atoms with Crippen molar-refractivity contribution in [2.45, 2.75) is 0 Å². The maximum absolute atomic E-state index is 11.9. The Bertz CT molecular complexity index is 1060. The summed E-state index contributed by atoms with van der Waals surface area (Å²) in [5.41, 5.74) is 6.54. The molecule has 3 rings (SSSR count). The molecule has 0 aliphatic rings. The van der Waals surface area contributed by atoms with E-state index in [0.717, 1.165) is 17.4 Å². The Morgan fingerprint density at radius 1 is 1.33 bits per heavy atom. The van der Waals surface area contributed by atoms with Gasteiger partial charge in [0.15, 0.2) is 11.8 Å². The lowest BCUT2D eigenvalue weighted by molar-refractivity contribution is -0.142. The number of esters is 1. The van der Waals surface area contributed by atoms with E-state index in [4.69, 9.17) is 22.1 Å². The van der Waals surface area contributed by atoms with Crippen molar-refractivity contribution in [1.82, 2.24) is 9.38 Å². The average molecular weight is 405 g/mol. The summed E-state index contributed by atoms with van der Waals surface area (Å²) in [7, 11) is 0. The molecule has 2 amide bonds. The fourth-order valence-electron chi connectivity index (χ4n) is 2.23. The molecule has 3 aromatic heterocycles. The summed E-state index contributed by atoms with van der Waals surface area (Å²) in [5, 5.41) is 4.63. The van der Waals surface area contributed by atoms with E-state index in [0.29, 0.717) is 16.3 Å². The first-order valence-electron chi connectivity index (χ1n) is 7.60. The average Bonchev–Trinajstić information content (AvgIpc) is 3.21. The number of pyridine rings is 1. The Morgan fingerprint density at radius 3 is 2.93 bits per heavy atom. The van der Waals surface area contributed by atoms with Gasteiger partial charge < -0.3 is 15.8 Å². The maximum atomic E-state index is 11.9. The highest BCUT2D eigenvalue weighted by molar-refractivity contribution is 7.14. The molecule has 0 aromatic carbocycles. The first kappa shape index (κ1) is 18.6. The van der Waals surface area contributed by atoms with E-state index in [9.17, 15) is 14.4 Å². The summed E-state index contributed by atoms with van der Waals surface area (Å²) in [6.07, 6.45) is 4.35. The number of ether oxygens (including phenoxy) is 1. The van der Waals surface area contributed by atoms with Gasteiger partial charge in [-0.15, -0.1) is 11.3 Å². The largest absolute Gasteiger partial charge is 0.452 e. The molecule has 0 saturated heterocycles. The number of rotatable bonds is 6. The molecule has 27 heavy (non-hydrogen) atoms. The number of amides is 2. The summed E-state index contributed by atoms with van der Waals surface area (Å²) in [4.78, 5) is 39.1. The Balaban J connectivity index is 1.58. The summed E-state index contributed by atoms with van der Waals surface area (Å²) < 4.78 is 6.59. The number of nitrogens with zero attached hydrogens (tertiary/aromatic N) is 2. The zero-order valence-corrected chi connectivity index (χ0v) is 15.3. The standard InChI is InChI=1S/C17H13ClN4O4S/c18-15-11(22-7-2-1-3-12(22)20-15)4-5-14(24)26-9-13(23)21-17-10(16(19)25)6-8-27-17/h1-8H,9H2,(H2,19,25)(H,21,23)/b5-4+. The van der Waals surface area contributed by atoms with Gasteiger partial charge in [-0.05, 0) is 29.7 Å². The van der Waals surface area contributed by atoms with Crippen molar-refractivity contribution < 1.29 is 19.1 Å². The van der Waals surface area contributed by atoms with Crippen molar-refractivity contribution >= 4 is 57.4 Å². The van der Waals surface area contributed by atoms with Crippen molar-refractivity contribution in [3.8, 4) is 0 Å². The molecular weight excluding hydrogens is 392 g/mol. The van der Waals surface area contributed by atoms with E-state index in [1.54, 1.807) is 28.1 Å². The van der Waals surface area contributed by atoms with Gasteiger partial charge in [0.25, 0.3) is 11.8 Å². The molecule has 3 aromatic rings. The van der Waals surface area contributed by atoms with Crippen molar-refractivity contribution in [3.63, 3.8) is 0 Å². The third kappa shape index (κ3) is 4.33. The van der Waals surface area contributed by atoms with Gasteiger partial charge >= 0.3 is 5.97 Å². The lowest BCUT2D eigenvalue weighted by Crippen LogP contribution is -2.21. The van der Waals surface area contributed by atoms with Crippen LogP contribution in [0.15, 0.2) is 41.9 Å². The van der Waals surface area contributed by atoms with Gasteiger partial charge in [-0.25, -0.2) is 9.78 Å². The van der Waals surface area contributed by atoms with Crippen LogP contribution in [-0.2, 0) is 14.3 Å². The minimum Gasteiger partial charge on any atom is -0.452 e. The van der Waals surface area contributed by atoms with Crippen LogP contribution >= 0.6 is 22.9 Å². The van der Waals surface area contributed by atoms with Crippen molar-refractivity contribution in [2.24, 2.45) is 5.73 Å². The maximum Gasteiger partial charge on any atom is 0.331 e. The first-order valence-corrected chi connectivity index (χ1v) is 8.86. The third-order valence-electron chi connectivity index (χ3n) is 3.43.